The molecule has 0 saturated heterocycles. The number of benzene rings is 1. The molecule has 2 amide bonds. The summed E-state index contributed by atoms with van der Waals surface area (Å²) < 4.78 is 15.3. The Labute approximate surface area is 197 Å². The minimum atomic E-state index is -1.67. The number of esters is 1. The van der Waals surface area contributed by atoms with Crippen LogP contribution >= 0.6 is 11.8 Å². The second-order valence-corrected chi connectivity index (χ2v) is 9.32. The molecule has 10 nitrogen and oxygen atoms in total. The molecule has 0 spiro atoms. The fraction of sp³-hybridized carbons (Fsp3) is 0.545. The number of carboxylic acid groups (broad SMARTS) is 1. The number of aliphatic carboxylic acids is 1. The van der Waals surface area contributed by atoms with Gasteiger partial charge in [0.2, 0.25) is 0 Å². The van der Waals surface area contributed by atoms with Crippen molar-refractivity contribution in [2.45, 2.75) is 58.4 Å². The van der Waals surface area contributed by atoms with E-state index >= 15 is 0 Å². The van der Waals surface area contributed by atoms with Gasteiger partial charge < -0.3 is 30.0 Å². The first-order valence-corrected chi connectivity index (χ1v) is 11.5. The van der Waals surface area contributed by atoms with Crippen molar-refractivity contribution in [1.82, 2.24) is 10.6 Å². The lowest BCUT2D eigenvalue weighted by molar-refractivity contribution is -0.145. The number of ether oxygens (including phenoxy) is 3. The molecule has 184 valence electrons. The lowest BCUT2D eigenvalue weighted by Crippen LogP contribution is -2.55. The average Bonchev–Trinajstić information content (AvgIpc) is 2.70. The van der Waals surface area contributed by atoms with Crippen LogP contribution in [0.2, 0.25) is 0 Å². The van der Waals surface area contributed by atoms with Gasteiger partial charge in [-0.2, -0.15) is 11.8 Å². The Morgan fingerprint density at radius 3 is 2.21 bits per heavy atom. The summed E-state index contributed by atoms with van der Waals surface area (Å²) in [7, 11) is 0. The normalized spacial score (nSPS) is 13.7. The summed E-state index contributed by atoms with van der Waals surface area (Å²) in [6, 6.07) is 7.95. The van der Waals surface area contributed by atoms with E-state index in [-0.39, 0.29) is 24.7 Å². The highest BCUT2D eigenvalue weighted by Crippen LogP contribution is 2.17. The van der Waals surface area contributed by atoms with Crippen LogP contribution in [0.4, 0.5) is 9.59 Å². The maximum atomic E-state index is 12.3. The number of amides is 2. The topological polar surface area (TPSA) is 140 Å². The molecule has 0 bridgehead atoms. The highest BCUT2D eigenvalue weighted by Gasteiger charge is 2.37. The molecule has 0 aliphatic rings. The second-order valence-electron chi connectivity index (χ2n) is 8.29. The Balaban J connectivity index is 2.70. The summed E-state index contributed by atoms with van der Waals surface area (Å²) in [5.41, 5.74) is -1.68. The van der Waals surface area contributed by atoms with Gasteiger partial charge in [-0.15, -0.1) is 0 Å². The lowest BCUT2D eigenvalue weighted by Gasteiger charge is -2.28. The van der Waals surface area contributed by atoms with Crippen LogP contribution in [-0.2, 0) is 30.4 Å². The van der Waals surface area contributed by atoms with Gasteiger partial charge in [0.1, 0.15) is 23.8 Å². The molecule has 0 unspecified atom stereocenters. The third-order valence-electron chi connectivity index (χ3n) is 4.00. The number of thioether (sulfide) groups is 1. The predicted octanol–water partition coefficient (Wildman–Crippen LogP) is 2.95. The molecule has 0 aliphatic heterocycles. The Morgan fingerprint density at radius 2 is 1.67 bits per heavy atom. The zero-order chi connectivity index (χ0) is 25.1. The molecule has 33 heavy (non-hydrogen) atoms. The Bertz CT molecular complexity index is 812. The molecule has 0 aliphatic carbocycles. The van der Waals surface area contributed by atoms with Crippen LogP contribution < -0.4 is 10.6 Å². The third kappa shape index (κ3) is 11.0. The van der Waals surface area contributed by atoms with Gasteiger partial charge in [-0.25, -0.2) is 19.2 Å². The molecule has 1 rings (SSSR count). The highest BCUT2D eigenvalue weighted by molar-refractivity contribution is 7.99. The predicted molar refractivity (Wildman–Crippen MR) is 123 cm³/mol. The van der Waals surface area contributed by atoms with Crippen LogP contribution in [-0.4, -0.2) is 64.5 Å². The SMILES string of the molecule is CCOC(=O)[C@@H](CSC[C@@](C)(NC(=O)OC(C)(C)C)C(=O)O)NC(=O)OCc1ccccc1. The highest BCUT2D eigenvalue weighted by atomic mass is 32.2. The van der Waals surface area contributed by atoms with Gasteiger partial charge in [0.25, 0.3) is 0 Å². The molecular formula is C22H32N2O8S. The molecule has 1 aromatic carbocycles. The summed E-state index contributed by atoms with van der Waals surface area (Å²) in [6.45, 7) is 8.05. The molecule has 0 heterocycles. The van der Waals surface area contributed by atoms with Crippen molar-refractivity contribution in [3.05, 3.63) is 35.9 Å². The maximum Gasteiger partial charge on any atom is 0.408 e. The zero-order valence-corrected chi connectivity index (χ0v) is 20.3. The quantitative estimate of drug-likeness (QED) is 0.319. The first kappa shape index (κ1) is 28.1. The number of carbonyl (C=O) groups is 4. The van der Waals surface area contributed by atoms with Gasteiger partial charge in [-0.1, -0.05) is 30.3 Å². The zero-order valence-electron chi connectivity index (χ0n) is 19.5. The third-order valence-corrected chi connectivity index (χ3v) is 5.35. The number of hydrogen-bond donors (Lipinski definition) is 3. The van der Waals surface area contributed by atoms with Crippen molar-refractivity contribution in [1.29, 1.82) is 0 Å². The number of nitrogens with one attached hydrogen (secondary N) is 2. The van der Waals surface area contributed by atoms with Gasteiger partial charge >= 0.3 is 24.1 Å². The monoisotopic (exact) mass is 484 g/mol. The molecule has 1 aromatic rings. The van der Waals surface area contributed by atoms with Gasteiger partial charge in [0.05, 0.1) is 6.61 Å². The van der Waals surface area contributed by atoms with Crippen molar-refractivity contribution in [3.8, 4) is 0 Å². The van der Waals surface area contributed by atoms with E-state index in [0.717, 1.165) is 17.3 Å². The van der Waals surface area contributed by atoms with Gasteiger partial charge in [0.15, 0.2) is 0 Å². The summed E-state index contributed by atoms with van der Waals surface area (Å²) in [5.74, 6) is -2.06. The molecule has 11 heteroatoms. The van der Waals surface area contributed by atoms with Crippen LogP contribution in [0.3, 0.4) is 0 Å². The molecule has 0 saturated carbocycles. The molecule has 3 N–H and O–H groups in total. The van der Waals surface area contributed by atoms with E-state index in [4.69, 9.17) is 14.2 Å². The Morgan fingerprint density at radius 1 is 1.03 bits per heavy atom. The van der Waals surface area contributed by atoms with Crippen LogP contribution in [0.5, 0.6) is 0 Å². The molecule has 0 radical (unpaired) electrons. The van der Waals surface area contributed by atoms with Crippen molar-refractivity contribution in [2.75, 3.05) is 18.1 Å². The van der Waals surface area contributed by atoms with E-state index in [1.807, 2.05) is 6.07 Å². The lowest BCUT2D eigenvalue weighted by atomic mass is 10.1. The van der Waals surface area contributed by atoms with E-state index in [0.29, 0.717) is 0 Å². The van der Waals surface area contributed by atoms with Crippen molar-refractivity contribution in [3.63, 3.8) is 0 Å². The van der Waals surface area contributed by atoms with Crippen LogP contribution in [0, 0.1) is 0 Å². The van der Waals surface area contributed by atoms with Gasteiger partial charge in [-0.3, -0.25) is 0 Å². The summed E-state index contributed by atoms with van der Waals surface area (Å²) in [5, 5.41) is 14.4. The smallest absolute Gasteiger partial charge is 0.408 e. The Hall–Kier alpha value is -2.95. The Kier molecular flexibility index (Phi) is 11.0. The summed E-state index contributed by atoms with van der Waals surface area (Å²) in [4.78, 5) is 48.2. The number of rotatable bonds is 11. The minimum Gasteiger partial charge on any atom is -0.479 e. The molecule has 0 fully saturated rings. The standard InChI is InChI=1S/C22H32N2O8S/c1-6-30-17(25)16(23-19(28)31-12-15-10-8-7-9-11-15)13-33-14-22(5,18(26)27)24-20(29)32-21(2,3)4/h7-11,16H,6,12-14H2,1-5H3,(H,23,28)(H,24,29)(H,26,27)/t16-,22-/m1/s1. The fourth-order valence-electron chi connectivity index (χ4n) is 2.38. The van der Waals surface area contributed by atoms with Crippen LogP contribution in [0.1, 0.15) is 40.2 Å². The van der Waals surface area contributed by atoms with Crippen molar-refractivity contribution in [2.24, 2.45) is 0 Å². The molecule has 2 atom stereocenters. The van der Waals surface area contributed by atoms with E-state index in [1.54, 1.807) is 52.0 Å². The van der Waals surface area contributed by atoms with Crippen molar-refractivity contribution < 1.29 is 38.5 Å². The second kappa shape index (κ2) is 12.9. The van der Waals surface area contributed by atoms with Crippen LogP contribution in [0.25, 0.3) is 0 Å². The van der Waals surface area contributed by atoms with Gasteiger partial charge in [0, 0.05) is 11.5 Å². The molecule has 0 aromatic heterocycles. The minimum absolute atomic E-state index is 0.00185. The average molecular weight is 485 g/mol. The van der Waals surface area contributed by atoms with Gasteiger partial charge in [-0.05, 0) is 40.2 Å². The number of hydrogen-bond acceptors (Lipinski definition) is 8. The summed E-state index contributed by atoms with van der Waals surface area (Å²) >= 11 is 1.05. The van der Waals surface area contributed by atoms with Crippen LogP contribution in [0.15, 0.2) is 30.3 Å². The first-order chi connectivity index (χ1) is 15.4. The fourth-order valence-corrected chi connectivity index (χ4v) is 3.56. The van der Waals surface area contributed by atoms with E-state index < -0.39 is 41.3 Å². The summed E-state index contributed by atoms with van der Waals surface area (Å²) in [6.07, 6.45) is -1.69. The molecular weight excluding hydrogens is 452 g/mol. The van der Waals surface area contributed by atoms with E-state index in [9.17, 15) is 24.3 Å². The number of carbonyl (C=O) groups excluding carboxylic acids is 3. The maximum absolute atomic E-state index is 12.3. The van der Waals surface area contributed by atoms with E-state index in [1.165, 1.54) is 6.92 Å². The number of alkyl carbamates (subject to hydrolysis) is 2. The van der Waals surface area contributed by atoms with Crippen molar-refractivity contribution >= 4 is 35.9 Å². The largest absolute Gasteiger partial charge is 0.479 e. The van der Waals surface area contributed by atoms with E-state index in [2.05, 4.69) is 10.6 Å². The first-order valence-electron chi connectivity index (χ1n) is 10.3. The number of carboxylic acids is 1.